The number of nitrogens with one attached hydrogen (secondary N) is 1. The number of carbonyl (C=O) groups is 1. The van der Waals surface area contributed by atoms with E-state index in [4.69, 9.17) is 10.5 Å². The first-order valence-electron chi connectivity index (χ1n) is 6.42. The van der Waals surface area contributed by atoms with E-state index in [2.05, 4.69) is 5.32 Å². The summed E-state index contributed by atoms with van der Waals surface area (Å²) in [4.78, 5) is 11.7. The summed E-state index contributed by atoms with van der Waals surface area (Å²) >= 11 is 0. The van der Waals surface area contributed by atoms with Crippen molar-refractivity contribution in [3.63, 3.8) is 0 Å². The summed E-state index contributed by atoms with van der Waals surface area (Å²) in [5.41, 5.74) is 9.23. The fourth-order valence-electron chi connectivity index (χ4n) is 1.71. The molecule has 0 bridgehead atoms. The lowest BCUT2D eigenvalue weighted by atomic mass is 10.2. The van der Waals surface area contributed by atoms with Gasteiger partial charge in [0.25, 0.3) is 0 Å². The van der Waals surface area contributed by atoms with E-state index in [1.807, 2.05) is 55.5 Å². The Morgan fingerprint density at radius 1 is 1.10 bits per heavy atom. The molecule has 0 atom stereocenters. The molecule has 0 heterocycles. The number of anilines is 2. The number of nitrogens with two attached hydrogens (primary N) is 1. The molecule has 0 aliphatic heterocycles. The maximum Gasteiger partial charge on any atom is 0.250 e. The summed E-state index contributed by atoms with van der Waals surface area (Å²) in [5.74, 6) is -0.163. The molecule has 0 radical (unpaired) electrons. The molecule has 0 saturated heterocycles. The van der Waals surface area contributed by atoms with Crippen LogP contribution in [0.5, 0.6) is 0 Å². The van der Waals surface area contributed by atoms with Gasteiger partial charge in [-0.2, -0.15) is 0 Å². The summed E-state index contributed by atoms with van der Waals surface area (Å²) in [7, 11) is 0. The molecule has 2 rings (SSSR count). The minimum absolute atomic E-state index is 0.0260. The average molecular weight is 270 g/mol. The summed E-state index contributed by atoms with van der Waals surface area (Å²) in [6.45, 7) is 2.42. The molecule has 0 unspecified atom stereocenters. The maximum atomic E-state index is 11.7. The summed E-state index contributed by atoms with van der Waals surface area (Å²) < 4.78 is 5.36. The van der Waals surface area contributed by atoms with Crippen molar-refractivity contribution in [2.24, 2.45) is 0 Å². The van der Waals surface area contributed by atoms with Gasteiger partial charge in [-0.05, 0) is 36.8 Å². The SMILES string of the molecule is Cc1ccc(NC(=O)COCc2ccc(N)cc2)cc1. The van der Waals surface area contributed by atoms with Crippen LogP contribution in [0.15, 0.2) is 48.5 Å². The molecule has 2 aromatic carbocycles. The molecule has 2 aromatic rings. The highest BCUT2D eigenvalue weighted by atomic mass is 16.5. The smallest absolute Gasteiger partial charge is 0.250 e. The Bertz CT molecular complexity index is 562. The number of hydrogen-bond donors (Lipinski definition) is 2. The number of nitrogen functional groups attached to an aromatic ring is 1. The van der Waals surface area contributed by atoms with Crippen LogP contribution in [0.1, 0.15) is 11.1 Å². The van der Waals surface area contributed by atoms with E-state index in [0.29, 0.717) is 12.3 Å². The largest absolute Gasteiger partial charge is 0.399 e. The van der Waals surface area contributed by atoms with Gasteiger partial charge in [0.15, 0.2) is 0 Å². The highest BCUT2D eigenvalue weighted by Crippen LogP contribution is 2.09. The Morgan fingerprint density at radius 3 is 2.40 bits per heavy atom. The fraction of sp³-hybridized carbons (Fsp3) is 0.188. The molecule has 0 aliphatic carbocycles. The number of ether oxygens (including phenoxy) is 1. The van der Waals surface area contributed by atoms with E-state index in [9.17, 15) is 4.79 Å². The third kappa shape index (κ3) is 4.40. The standard InChI is InChI=1S/C16H18N2O2/c1-12-2-8-15(9-3-12)18-16(19)11-20-10-13-4-6-14(17)7-5-13/h2-9H,10-11,17H2,1H3,(H,18,19). The van der Waals surface area contributed by atoms with Crippen LogP contribution in [0.4, 0.5) is 11.4 Å². The Kier molecular flexibility index (Phi) is 4.74. The van der Waals surface area contributed by atoms with Gasteiger partial charge in [-0.3, -0.25) is 4.79 Å². The molecule has 104 valence electrons. The van der Waals surface area contributed by atoms with Gasteiger partial charge in [-0.1, -0.05) is 29.8 Å². The van der Waals surface area contributed by atoms with Crippen molar-refractivity contribution in [3.8, 4) is 0 Å². The number of carbonyl (C=O) groups excluding carboxylic acids is 1. The quantitative estimate of drug-likeness (QED) is 0.821. The maximum absolute atomic E-state index is 11.7. The number of benzene rings is 2. The van der Waals surface area contributed by atoms with Gasteiger partial charge in [0.2, 0.25) is 5.91 Å². The van der Waals surface area contributed by atoms with Crippen molar-refractivity contribution in [3.05, 3.63) is 59.7 Å². The van der Waals surface area contributed by atoms with E-state index in [1.165, 1.54) is 0 Å². The second-order valence-corrected chi connectivity index (χ2v) is 4.65. The second-order valence-electron chi connectivity index (χ2n) is 4.65. The van der Waals surface area contributed by atoms with Crippen LogP contribution < -0.4 is 11.1 Å². The molecule has 1 amide bonds. The number of aryl methyl sites for hydroxylation is 1. The molecule has 0 spiro atoms. The lowest BCUT2D eigenvalue weighted by Gasteiger charge is -2.07. The van der Waals surface area contributed by atoms with E-state index in [0.717, 1.165) is 16.8 Å². The van der Waals surface area contributed by atoms with Crippen LogP contribution in [0, 0.1) is 6.92 Å². The highest BCUT2D eigenvalue weighted by molar-refractivity contribution is 5.91. The third-order valence-electron chi connectivity index (χ3n) is 2.82. The van der Waals surface area contributed by atoms with E-state index in [1.54, 1.807) is 0 Å². The molecule has 20 heavy (non-hydrogen) atoms. The predicted octanol–water partition coefficient (Wildman–Crippen LogP) is 2.73. The minimum Gasteiger partial charge on any atom is -0.399 e. The summed E-state index contributed by atoms with van der Waals surface area (Å²) in [5, 5.41) is 2.78. The normalized spacial score (nSPS) is 10.2. The Hall–Kier alpha value is -2.33. The number of hydrogen-bond acceptors (Lipinski definition) is 3. The first-order chi connectivity index (χ1) is 9.63. The molecule has 0 fully saturated rings. The minimum atomic E-state index is -0.163. The molecule has 4 nitrogen and oxygen atoms in total. The zero-order valence-corrected chi connectivity index (χ0v) is 11.4. The van der Waals surface area contributed by atoms with Gasteiger partial charge >= 0.3 is 0 Å². The summed E-state index contributed by atoms with van der Waals surface area (Å²) in [6.07, 6.45) is 0. The van der Waals surface area contributed by atoms with E-state index in [-0.39, 0.29) is 12.5 Å². The second kappa shape index (κ2) is 6.73. The van der Waals surface area contributed by atoms with Crippen molar-refractivity contribution >= 4 is 17.3 Å². The van der Waals surface area contributed by atoms with Crippen molar-refractivity contribution in [2.75, 3.05) is 17.7 Å². The highest BCUT2D eigenvalue weighted by Gasteiger charge is 2.02. The molecule has 3 N–H and O–H groups in total. The monoisotopic (exact) mass is 270 g/mol. The Balaban J connectivity index is 1.75. The van der Waals surface area contributed by atoms with E-state index >= 15 is 0 Å². The van der Waals surface area contributed by atoms with Crippen molar-refractivity contribution in [2.45, 2.75) is 13.5 Å². The van der Waals surface area contributed by atoms with Gasteiger partial charge < -0.3 is 15.8 Å². The van der Waals surface area contributed by atoms with Gasteiger partial charge in [-0.15, -0.1) is 0 Å². The molecule has 4 heteroatoms. The van der Waals surface area contributed by atoms with Gasteiger partial charge in [0, 0.05) is 11.4 Å². The first kappa shape index (κ1) is 14.1. The topological polar surface area (TPSA) is 64.3 Å². The molecular formula is C16H18N2O2. The lowest BCUT2D eigenvalue weighted by Crippen LogP contribution is -2.18. The molecule has 0 aromatic heterocycles. The Morgan fingerprint density at radius 2 is 1.75 bits per heavy atom. The van der Waals surface area contributed by atoms with Crippen molar-refractivity contribution in [1.29, 1.82) is 0 Å². The van der Waals surface area contributed by atoms with Crippen LogP contribution >= 0.6 is 0 Å². The number of rotatable bonds is 5. The zero-order chi connectivity index (χ0) is 14.4. The third-order valence-corrected chi connectivity index (χ3v) is 2.82. The Labute approximate surface area is 118 Å². The van der Waals surface area contributed by atoms with Crippen molar-refractivity contribution < 1.29 is 9.53 Å². The number of amides is 1. The molecule has 0 saturated carbocycles. The van der Waals surface area contributed by atoms with Crippen LogP contribution in [-0.2, 0) is 16.1 Å². The van der Waals surface area contributed by atoms with Crippen LogP contribution in [-0.4, -0.2) is 12.5 Å². The lowest BCUT2D eigenvalue weighted by molar-refractivity contribution is -0.121. The predicted molar refractivity (Wildman–Crippen MR) is 80.3 cm³/mol. The van der Waals surface area contributed by atoms with Gasteiger partial charge in [0.05, 0.1) is 6.61 Å². The summed E-state index contributed by atoms with van der Waals surface area (Å²) in [6, 6.07) is 15.0. The average Bonchev–Trinajstić information content (AvgIpc) is 2.44. The fourth-order valence-corrected chi connectivity index (χ4v) is 1.71. The first-order valence-corrected chi connectivity index (χ1v) is 6.42. The molecular weight excluding hydrogens is 252 g/mol. The van der Waals surface area contributed by atoms with Crippen LogP contribution in [0.25, 0.3) is 0 Å². The van der Waals surface area contributed by atoms with Gasteiger partial charge in [0.1, 0.15) is 6.61 Å². The van der Waals surface area contributed by atoms with Crippen LogP contribution in [0.2, 0.25) is 0 Å². The van der Waals surface area contributed by atoms with Crippen molar-refractivity contribution in [1.82, 2.24) is 0 Å². The van der Waals surface area contributed by atoms with Crippen LogP contribution in [0.3, 0.4) is 0 Å². The zero-order valence-electron chi connectivity index (χ0n) is 11.4. The van der Waals surface area contributed by atoms with E-state index < -0.39 is 0 Å². The van der Waals surface area contributed by atoms with Gasteiger partial charge in [-0.25, -0.2) is 0 Å². The molecule has 0 aliphatic rings.